The van der Waals surface area contributed by atoms with Gasteiger partial charge in [0.05, 0.1) is 0 Å². The van der Waals surface area contributed by atoms with Crippen LogP contribution in [0, 0.1) is 0 Å². The van der Waals surface area contributed by atoms with E-state index in [1.54, 1.807) is 0 Å². The maximum absolute atomic E-state index is 9.00. The van der Waals surface area contributed by atoms with E-state index in [2.05, 4.69) is 11.5 Å². The number of amides is 2. The molecule has 0 atom stereocenters. The number of urea groups is 1. The van der Waals surface area contributed by atoms with Gasteiger partial charge in [-0.15, -0.1) is 0 Å². The second-order valence-electron chi connectivity index (χ2n) is 0.850. The quantitative estimate of drug-likeness (QED) is 0.287. The molecule has 0 fully saturated rings. The molecular weight excluding hydrogens is 178 g/mol. The van der Waals surface area contributed by atoms with Gasteiger partial charge < -0.3 is 30.7 Å². The van der Waals surface area contributed by atoms with Crippen LogP contribution in [0.3, 0.4) is 0 Å². The standard InChI is InChI=1S/CH4N2O.Al.H3O4P/c2-1(3)4;;1-5(2,3)4/h(H4,2,3,4);;(H3,1,2,3,4)/q;+3;/p-3. The Balaban J connectivity index is -0.0000000910. The molecule has 7 nitrogen and oxygen atoms in total. The molecule has 0 heterocycles. The Morgan fingerprint density at radius 1 is 1.20 bits per heavy atom. The molecule has 10 heavy (non-hydrogen) atoms. The molecule has 0 rings (SSSR count). The van der Waals surface area contributed by atoms with Crippen LogP contribution in [0.1, 0.15) is 0 Å². The molecule has 0 aromatic heterocycles. The molecular formula is CH4AlN2O5P. The van der Waals surface area contributed by atoms with E-state index in [1.807, 2.05) is 0 Å². The van der Waals surface area contributed by atoms with Crippen LogP contribution in [-0.4, -0.2) is 23.4 Å². The number of phosphoric acid groups is 1. The first-order chi connectivity index (χ1) is 3.73. The van der Waals surface area contributed by atoms with Gasteiger partial charge in [0.25, 0.3) is 0 Å². The largest absolute Gasteiger partial charge is 3.00 e. The smallest absolute Gasteiger partial charge is 0.822 e. The Morgan fingerprint density at radius 3 is 1.20 bits per heavy atom. The van der Waals surface area contributed by atoms with Gasteiger partial charge in [0.15, 0.2) is 0 Å². The summed E-state index contributed by atoms with van der Waals surface area (Å²) in [6, 6.07) is -0.833. The molecule has 0 radical (unpaired) electrons. The van der Waals surface area contributed by atoms with E-state index in [1.165, 1.54) is 0 Å². The first-order valence-electron chi connectivity index (χ1n) is 1.51. The number of nitrogens with two attached hydrogens (primary N) is 2. The topological polar surface area (TPSA) is 155 Å². The molecule has 0 saturated heterocycles. The van der Waals surface area contributed by atoms with Gasteiger partial charge in [0.2, 0.25) is 0 Å². The molecule has 0 unspecified atom stereocenters. The number of hydrogen-bond acceptors (Lipinski definition) is 5. The van der Waals surface area contributed by atoms with Crippen molar-refractivity contribution in [1.82, 2.24) is 0 Å². The van der Waals surface area contributed by atoms with Crippen LogP contribution in [0.25, 0.3) is 0 Å². The van der Waals surface area contributed by atoms with Crippen molar-refractivity contribution in [3.63, 3.8) is 0 Å². The third kappa shape index (κ3) is 49300. The van der Waals surface area contributed by atoms with Gasteiger partial charge in [0, 0.05) is 0 Å². The summed E-state index contributed by atoms with van der Waals surface area (Å²) in [5, 5.41) is 0. The van der Waals surface area contributed by atoms with E-state index >= 15 is 0 Å². The first-order valence-corrected chi connectivity index (χ1v) is 2.97. The van der Waals surface area contributed by atoms with E-state index < -0.39 is 13.9 Å². The van der Waals surface area contributed by atoms with Gasteiger partial charge in [0.1, 0.15) is 0 Å². The number of carbonyl (C=O) groups is 1. The Kier molecular flexibility index (Phi) is 11.6. The van der Waals surface area contributed by atoms with Crippen molar-refractivity contribution >= 4 is 31.2 Å². The summed E-state index contributed by atoms with van der Waals surface area (Å²) in [7, 11) is -5.39. The van der Waals surface area contributed by atoms with E-state index in [0.29, 0.717) is 0 Å². The van der Waals surface area contributed by atoms with Gasteiger partial charge in [-0.1, -0.05) is 0 Å². The molecule has 0 aromatic rings. The van der Waals surface area contributed by atoms with Crippen molar-refractivity contribution < 1.29 is 24.0 Å². The van der Waals surface area contributed by atoms with Crippen LogP contribution >= 0.6 is 7.82 Å². The number of primary amides is 2. The Bertz CT molecular complexity index is 119. The summed E-state index contributed by atoms with van der Waals surface area (Å²) in [6.07, 6.45) is 0. The van der Waals surface area contributed by atoms with Crippen LogP contribution in [0.4, 0.5) is 4.79 Å². The van der Waals surface area contributed by atoms with Crippen molar-refractivity contribution in [1.29, 1.82) is 0 Å². The van der Waals surface area contributed by atoms with Gasteiger partial charge in [-0.05, 0) is 0 Å². The van der Waals surface area contributed by atoms with Crippen molar-refractivity contribution in [3.05, 3.63) is 0 Å². The van der Waals surface area contributed by atoms with Crippen molar-refractivity contribution in [2.75, 3.05) is 0 Å². The average molecular weight is 182 g/mol. The first kappa shape index (κ1) is 16.5. The van der Waals surface area contributed by atoms with Crippen LogP contribution in [0.15, 0.2) is 0 Å². The van der Waals surface area contributed by atoms with Gasteiger partial charge >= 0.3 is 23.4 Å². The summed E-state index contributed by atoms with van der Waals surface area (Å²) >= 11 is 0. The Morgan fingerprint density at radius 2 is 1.20 bits per heavy atom. The fourth-order valence-corrected chi connectivity index (χ4v) is 0. The zero-order valence-electron chi connectivity index (χ0n) is 4.72. The zero-order chi connectivity index (χ0) is 8.08. The van der Waals surface area contributed by atoms with E-state index in [-0.39, 0.29) is 17.4 Å². The molecule has 0 bridgehead atoms. The SMILES string of the molecule is NC(N)=O.O=P([O-])([O-])[O-].[Al+3]. The Hall–Kier alpha value is -0.0875. The minimum absolute atomic E-state index is 0. The molecule has 56 valence electrons. The van der Waals surface area contributed by atoms with Crippen molar-refractivity contribution in [3.8, 4) is 0 Å². The summed E-state index contributed by atoms with van der Waals surface area (Å²) < 4.78 is 8.55. The van der Waals surface area contributed by atoms with Gasteiger partial charge in [-0.25, -0.2) is 4.79 Å². The number of hydrogen-bond donors (Lipinski definition) is 2. The maximum atomic E-state index is 9.00. The van der Waals surface area contributed by atoms with Crippen molar-refractivity contribution in [2.24, 2.45) is 11.5 Å². The second-order valence-corrected chi connectivity index (χ2v) is 1.74. The van der Waals surface area contributed by atoms with Crippen LogP contribution in [0.5, 0.6) is 0 Å². The predicted molar refractivity (Wildman–Crippen MR) is 27.1 cm³/mol. The van der Waals surface area contributed by atoms with Gasteiger partial charge in [-0.2, -0.15) is 7.82 Å². The molecule has 0 aliphatic rings. The second kappa shape index (κ2) is 7.02. The van der Waals surface area contributed by atoms with Crippen LogP contribution < -0.4 is 26.1 Å². The summed E-state index contributed by atoms with van der Waals surface area (Å²) in [5.41, 5.74) is 8.50. The fraction of sp³-hybridized carbons (Fsp3) is 0. The number of carbonyl (C=O) groups excluding carboxylic acids is 1. The zero-order valence-corrected chi connectivity index (χ0v) is 6.77. The van der Waals surface area contributed by atoms with E-state index in [0.717, 1.165) is 0 Å². The molecule has 4 N–H and O–H groups in total. The molecule has 0 saturated carbocycles. The summed E-state index contributed by atoms with van der Waals surface area (Å²) in [4.78, 5) is 34.6. The van der Waals surface area contributed by atoms with Crippen molar-refractivity contribution in [2.45, 2.75) is 0 Å². The maximum Gasteiger partial charge on any atom is 3.00 e. The predicted octanol–water partition coefficient (Wildman–Crippen LogP) is -4.18. The summed E-state index contributed by atoms with van der Waals surface area (Å²) in [6.45, 7) is 0. The molecule has 2 amide bonds. The third-order valence-electron chi connectivity index (χ3n) is 0. The average Bonchev–Trinajstić information content (AvgIpc) is 1.19. The van der Waals surface area contributed by atoms with Crippen LogP contribution in [0.2, 0.25) is 0 Å². The fourth-order valence-electron chi connectivity index (χ4n) is 0. The van der Waals surface area contributed by atoms with E-state index in [9.17, 15) is 0 Å². The van der Waals surface area contributed by atoms with Crippen LogP contribution in [-0.2, 0) is 4.57 Å². The van der Waals surface area contributed by atoms with Gasteiger partial charge in [-0.3, -0.25) is 0 Å². The molecule has 0 aromatic carbocycles. The molecule has 9 heteroatoms. The molecule has 0 aliphatic carbocycles. The Labute approximate surface area is 67.4 Å². The summed E-state index contributed by atoms with van der Waals surface area (Å²) in [5.74, 6) is 0. The minimum atomic E-state index is -5.39. The van der Waals surface area contributed by atoms with E-state index in [4.69, 9.17) is 24.0 Å². The normalized spacial score (nSPS) is 8.30. The monoisotopic (exact) mass is 182 g/mol. The molecule has 0 aliphatic heterocycles. The minimum Gasteiger partial charge on any atom is -0.822 e. The number of rotatable bonds is 0. The third-order valence-corrected chi connectivity index (χ3v) is 0. The molecule has 0 spiro atoms.